The van der Waals surface area contributed by atoms with Gasteiger partial charge in [0.2, 0.25) is 0 Å². The molecule has 1 heterocycles. The van der Waals surface area contributed by atoms with Gasteiger partial charge in [-0.1, -0.05) is 24.3 Å². The molecule has 0 aliphatic rings. The zero-order valence-electron chi connectivity index (χ0n) is 20.6. The zero-order chi connectivity index (χ0) is 25.6. The number of hydrogen-bond acceptors (Lipinski definition) is 6. The van der Waals surface area contributed by atoms with Crippen LogP contribution in [0.25, 0.3) is 6.08 Å². The Morgan fingerprint density at radius 2 is 1.37 bits per heavy atom. The van der Waals surface area contributed by atoms with Gasteiger partial charge in [-0.2, -0.15) is 0 Å². The summed E-state index contributed by atoms with van der Waals surface area (Å²) in [5.74, 6) is 0.796. The van der Waals surface area contributed by atoms with Crippen LogP contribution in [0, 0.1) is 0 Å². The number of benzene rings is 2. The van der Waals surface area contributed by atoms with Gasteiger partial charge in [0, 0.05) is 12.3 Å². The molecular formula is C27H30N2O6. The molecule has 1 aromatic heterocycles. The van der Waals surface area contributed by atoms with Crippen molar-refractivity contribution < 1.29 is 19.0 Å². The van der Waals surface area contributed by atoms with Gasteiger partial charge in [0.25, 0.3) is 5.56 Å². The van der Waals surface area contributed by atoms with E-state index in [1.54, 1.807) is 71.4 Å². The molecular weight excluding hydrogens is 448 g/mol. The average Bonchev–Trinajstić information content (AvgIpc) is 2.82. The van der Waals surface area contributed by atoms with Gasteiger partial charge < -0.3 is 14.2 Å². The van der Waals surface area contributed by atoms with Gasteiger partial charge in [0.1, 0.15) is 17.1 Å². The van der Waals surface area contributed by atoms with Crippen molar-refractivity contribution in [3.05, 3.63) is 98.3 Å². The third-order valence-corrected chi connectivity index (χ3v) is 5.08. The first-order valence-corrected chi connectivity index (χ1v) is 11.1. The Kier molecular flexibility index (Phi) is 7.96. The molecule has 0 radical (unpaired) electrons. The highest BCUT2D eigenvalue weighted by Gasteiger charge is 2.15. The van der Waals surface area contributed by atoms with Crippen LogP contribution in [-0.2, 0) is 22.6 Å². The van der Waals surface area contributed by atoms with Crippen molar-refractivity contribution in [3.63, 3.8) is 0 Å². The highest BCUT2D eigenvalue weighted by molar-refractivity contribution is 5.87. The number of methoxy groups -OCH3 is 2. The molecule has 0 aliphatic carbocycles. The summed E-state index contributed by atoms with van der Waals surface area (Å²) in [4.78, 5) is 38.7. The summed E-state index contributed by atoms with van der Waals surface area (Å²) in [7, 11) is 3.15. The quantitative estimate of drug-likeness (QED) is 0.364. The Bertz CT molecular complexity index is 1310. The lowest BCUT2D eigenvalue weighted by molar-refractivity contribution is -0.148. The van der Waals surface area contributed by atoms with Crippen LogP contribution in [0.5, 0.6) is 11.5 Å². The fourth-order valence-corrected chi connectivity index (χ4v) is 3.38. The summed E-state index contributed by atoms with van der Waals surface area (Å²) in [6.45, 7) is 5.58. The van der Waals surface area contributed by atoms with Crippen molar-refractivity contribution in [2.24, 2.45) is 0 Å². The largest absolute Gasteiger partial charge is 0.497 e. The Hall–Kier alpha value is -4.07. The van der Waals surface area contributed by atoms with Gasteiger partial charge in [-0.3, -0.25) is 13.9 Å². The van der Waals surface area contributed by atoms with Crippen LogP contribution in [0.3, 0.4) is 0 Å². The second-order valence-electron chi connectivity index (χ2n) is 8.95. The predicted molar refractivity (Wildman–Crippen MR) is 134 cm³/mol. The minimum atomic E-state index is -0.664. The van der Waals surface area contributed by atoms with Gasteiger partial charge in [-0.25, -0.2) is 9.59 Å². The first-order valence-electron chi connectivity index (χ1n) is 11.1. The molecule has 3 rings (SSSR count). The van der Waals surface area contributed by atoms with Gasteiger partial charge in [-0.05, 0) is 62.2 Å². The van der Waals surface area contributed by atoms with Gasteiger partial charge >= 0.3 is 11.7 Å². The van der Waals surface area contributed by atoms with E-state index in [2.05, 4.69) is 0 Å². The summed E-state index contributed by atoms with van der Waals surface area (Å²) < 4.78 is 18.3. The highest BCUT2D eigenvalue weighted by Crippen LogP contribution is 2.14. The van der Waals surface area contributed by atoms with E-state index in [4.69, 9.17) is 14.2 Å². The summed E-state index contributed by atoms with van der Waals surface area (Å²) in [5, 5.41) is 0. The van der Waals surface area contributed by atoms with E-state index in [0.29, 0.717) is 11.5 Å². The number of aromatic nitrogens is 2. The van der Waals surface area contributed by atoms with E-state index in [9.17, 15) is 14.4 Å². The second-order valence-corrected chi connectivity index (χ2v) is 8.95. The van der Waals surface area contributed by atoms with E-state index >= 15 is 0 Å². The topological polar surface area (TPSA) is 88.8 Å². The first-order chi connectivity index (χ1) is 16.6. The molecule has 3 aromatic rings. The van der Waals surface area contributed by atoms with Crippen molar-refractivity contribution in [2.45, 2.75) is 39.5 Å². The molecule has 2 aromatic carbocycles. The van der Waals surface area contributed by atoms with E-state index in [1.807, 2.05) is 12.1 Å². The van der Waals surface area contributed by atoms with E-state index in [1.165, 1.54) is 22.9 Å². The van der Waals surface area contributed by atoms with E-state index < -0.39 is 22.8 Å². The monoisotopic (exact) mass is 478 g/mol. The van der Waals surface area contributed by atoms with Gasteiger partial charge in [0.15, 0.2) is 0 Å². The SMILES string of the molecule is COc1ccc(Cn2cc(/C=C/C(=O)OC(C)(C)C)c(=O)n(Cc3ccc(OC)cc3)c2=O)cc1. The maximum absolute atomic E-state index is 13.3. The summed E-state index contributed by atoms with van der Waals surface area (Å²) in [6, 6.07) is 14.4. The standard InChI is InChI=1S/C27H30N2O6/c1-27(2,3)35-24(30)15-10-21-18-28(16-19-6-11-22(33-4)12-7-19)26(32)29(25(21)31)17-20-8-13-23(34-5)14-9-20/h6-15,18H,16-17H2,1-5H3/b15-10+. The third kappa shape index (κ3) is 6.96. The lowest BCUT2D eigenvalue weighted by Gasteiger charge is -2.18. The normalized spacial score (nSPS) is 11.5. The number of carbonyl (C=O) groups is 1. The Morgan fingerprint density at radius 3 is 1.86 bits per heavy atom. The molecule has 0 atom stereocenters. The molecule has 0 bridgehead atoms. The van der Waals surface area contributed by atoms with Crippen LogP contribution in [0.2, 0.25) is 0 Å². The van der Waals surface area contributed by atoms with Crippen LogP contribution in [0.1, 0.15) is 37.5 Å². The molecule has 35 heavy (non-hydrogen) atoms. The Balaban J connectivity index is 2.03. The lowest BCUT2D eigenvalue weighted by Crippen LogP contribution is -2.41. The molecule has 184 valence electrons. The molecule has 0 aliphatic heterocycles. The van der Waals surface area contributed by atoms with Crippen LogP contribution in [0.15, 0.2) is 70.4 Å². The smallest absolute Gasteiger partial charge is 0.331 e. The van der Waals surface area contributed by atoms with Crippen LogP contribution >= 0.6 is 0 Å². The first kappa shape index (κ1) is 25.6. The fraction of sp³-hybridized carbons (Fsp3) is 0.296. The summed E-state index contributed by atoms with van der Waals surface area (Å²) in [6.07, 6.45) is 4.03. The van der Waals surface area contributed by atoms with Crippen molar-refractivity contribution in [1.29, 1.82) is 0 Å². The molecule has 0 N–H and O–H groups in total. The minimum absolute atomic E-state index is 0.0678. The Morgan fingerprint density at radius 1 is 0.857 bits per heavy atom. The van der Waals surface area contributed by atoms with Crippen LogP contribution < -0.4 is 20.7 Å². The molecule has 8 nitrogen and oxygen atoms in total. The predicted octanol–water partition coefficient (Wildman–Crippen LogP) is 3.48. The maximum atomic E-state index is 13.3. The van der Waals surface area contributed by atoms with E-state index in [-0.39, 0.29) is 18.7 Å². The lowest BCUT2D eigenvalue weighted by atomic mass is 10.2. The molecule has 0 spiro atoms. The molecule has 0 amide bonds. The molecule has 0 saturated heterocycles. The molecule has 0 unspecified atom stereocenters. The van der Waals surface area contributed by atoms with Gasteiger partial charge in [-0.15, -0.1) is 0 Å². The second kappa shape index (κ2) is 10.9. The van der Waals surface area contributed by atoms with Crippen molar-refractivity contribution in [1.82, 2.24) is 9.13 Å². The van der Waals surface area contributed by atoms with Crippen LogP contribution in [0.4, 0.5) is 0 Å². The minimum Gasteiger partial charge on any atom is -0.497 e. The number of nitrogens with zero attached hydrogens (tertiary/aromatic N) is 2. The number of ether oxygens (including phenoxy) is 3. The third-order valence-electron chi connectivity index (χ3n) is 5.08. The van der Waals surface area contributed by atoms with Gasteiger partial charge in [0.05, 0.1) is 32.9 Å². The van der Waals surface area contributed by atoms with Crippen molar-refractivity contribution in [2.75, 3.05) is 14.2 Å². The number of hydrogen-bond donors (Lipinski definition) is 0. The molecule has 8 heteroatoms. The molecule has 0 saturated carbocycles. The number of rotatable bonds is 8. The average molecular weight is 479 g/mol. The van der Waals surface area contributed by atoms with E-state index in [0.717, 1.165) is 15.7 Å². The van der Waals surface area contributed by atoms with Crippen molar-refractivity contribution >= 4 is 12.0 Å². The highest BCUT2D eigenvalue weighted by atomic mass is 16.6. The fourth-order valence-electron chi connectivity index (χ4n) is 3.38. The van der Waals surface area contributed by atoms with Crippen molar-refractivity contribution in [3.8, 4) is 11.5 Å². The Labute approximate surface area is 204 Å². The van der Waals surface area contributed by atoms with Crippen LogP contribution in [-0.4, -0.2) is 34.9 Å². The molecule has 0 fully saturated rings. The maximum Gasteiger partial charge on any atom is 0.331 e. The number of carbonyl (C=O) groups excluding carboxylic acids is 1. The zero-order valence-corrected chi connectivity index (χ0v) is 20.6. The summed E-state index contributed by atoms with van der Waals surface area (Å²) >= 11 is 0. The number of esters is 1. The summed E-state index contributed by atoms with van der Waals surface area (Å²) in [5.41, 5.74) is 0.174.